The van der Waals surface area contributed by atoms with E-state index >= 15 is 0 Å². The van der Waals surface area contributed by atoms with Gasteiger partial charge in [-0.25, -0.2) is 4.79 Å². The Hall–Kier alpha value is -3.48. The molecule has 216 valence electrons. The predicted octanol–water partition coefficient (Wildman–Crippen LogP) is 7.04. The maximum Gasteiger partial charge on any atom is 0.408 e. The van der Waals surface area contributed by atoms with Crippen molar-refractivity contribution in [3.8, 4) is 11.3 Å². The summed E-state index contributed by atoms with van der Waals surface area (Å²) in [5.74, 6) is 0.548. The molecular formula is C34H42N4O3. The fraction of sp³-hybridized carbons (Fsp3) is 0.529. The molecule has 0 radical (unpaired) electrons. The van der Waals surface area contributed by atoms with Crippen LogP contribution in [0.1, 0.15) is 106 Å². The molecule has 0 bridgehead atoms. The van der Waals surface area contributed by atoms with E-state index in [-0.39, 0.29) is 18.0 Å². The van der Waals surface area contributed by atoms with Gasteiger partial charge in [-0.15, -0.1) is 0 Å². The molecule has 41 heavy (non-hydrogen) atoms. The number of para-hydroxylation sites is 1. The van der Waals surface area contributed by atoms with Gasteiger partial charge in [-0.3, -0.25) is 4.79 Å². The van der Waals surface area contributed by atoms with Crippen molar-refractivity contribution < 1.29 is 14.3 Å². The Kier molecular flexibility index (Phi) is 6.51. The van der Waals surface area contributed by atoms with Crippen LogP contribution < -0.4 is 15.5 Å². The molecule has 7 rings (SSSR count). The topological polar surface area (TPSA) is 75.6 Å². The first kappa shape index (κ1) is 26.4. The van der Waals surface area contributed by atoms with Gasteiger partial charge in [0.15, 0.2) is 0 Å². The van der Waals surface area contributed by atoms with Gasteiger partial charge in [-0.2, -0.15) is 0 Å². The standard InChI is InChI=1S/C34H42N4O3/c1-34(2,3)41-33(40)36-27-16-17-37-18-19-38-28-20-22(32(39)35-23-13-14-23)12-15-25(28)29(21-8-5-4-6-9-21)31(38)26-11-7-10-24(27)30(26)37/h7,10-12,15,20-21,23,27H,4-6,8-9,13-14,16-19H2,1-3H3,(H,35,39)(H,36,40)/t27-/m1/s1. The predicted molar refractivity (Wildman–Crippen MR) is 163 cm³/mol. The lowest BCUT2D eigenvalue weighted by atomic mass is 9.81. The Morgan fingerprint density at radius 2 is 1.71 bits per heavy atom. The van der Waals surface area contributed by atoms with Crippen molar-refractivity contribution in [3.63, 3.8) is 0 Å². The Bertz CT molecular complexity index is 1510. The highest BCUT2D eigenvalue weighted by Gasteiger charge is 2.35. The highest BCUT2D eigenvalue weighted by Crippen LogP contribution is 2.50. The van der Waals surface area contributed by atoms with Crippen molar-refractivity contribution in [2.75, 3.05) is 18.0 Å². The minimum absolute atomic E-state index is 0.0380. The smallest absolute Gasteiger partial charge is 0.408 e. The molecule has 2 saturated carbocycles. The average molecular weight is 555 g/mol. The summed E-state index contributed by atoms with van der Waals surface area (Å²) in [6.45, 7) is 8.33. The van der Waals surface area contributed by atoms with E-state index in [0.717, 1.165) is 50.0 Å². The number of rotatable bonds is 4. The Balaban J connectivity index is 1.36. The molecule has 2 aliphatic heterocycles. The number of hydrogen-bond acceptors (Lipinski definition) is 4. The van der Waals surface area contributed by atoms with Crippen molar-refractivity contribution >= 4 is 28.6 Å². The first-order chi connectivity index (χ1) is 19.8. The molecule has 2 N–H and O–H groups in total. The van der Waals surface area contributed by atoms with E-state index in [0.29, 0.717) is 12.0 Å². The van der Waals surface area contributed by atoms with E-state index in [9.17, 15) is 9.59 Å². The number of carbonyl (C=O) groups is 2. The van der Waals surface area contributed by atoms with Gasteiger partial charge in [0, 0.05) is 47.7 Å². The zero-order valence-electron chi connectivity index (χ0n) is 24.6. The largest absolute Gasteiger partial charge is 0.444 e. The Labute approximate surface area is 242 Å². The molecule has 2 fully saturated rings. The van der Waals surface area contributed by atoms with Gasteiger partial charge in [0.25, 0.3) is 5.91 Å². The van der Waals surface area contributed by atoms with Crippen molar-refractivity contribution in [3.05, 3.63) is 53.1 Å². The Morgan fingerprint density at radius 1 is 0.902 bits per heavy atom. The molecule has 4 aliphatic rings. The second-order valence-corrected chi connectivity index (χ2v) is 13.4. The summed E-state index contributed by atoms with van der Waals surface area (Å²) in [7, 11) is 0. The molecule has 7 heteroatoms. The van der Waals surface area contributed by atoms with Crippen molar-refractivity contribution in [2.45, 2.75) is 102 Å². The minimum Gasteiger partial charge on any atom is -0.444 e. The van der Waals surface area contributed by atoms with Crippen molar-refractivity contribution in [1.29, 1.82) is 0 Å². The van der Waals surface area contributed by atoms with Crippen LogP contribution in [-0.2, 0) is 11.3 Å². The maximum absolute atomic E-state index is 13.1. The van der Waals surface area contributed by atoms with Crippen LogP contribution in [-0.4, -0.2) is 41.3 Å². The summed E-state index contributed by atoms with van der Waals surface area (Å²) in [6.07, 6.45) is 8.89. The number of nitrogens with one attached hydrogen (secondary N) is 2. The van der Waals surface area contributed by atoms with Gasteiger partial charge < -0.3 is 24.8 Å². The molecule has 1 aromatic heterocycles. The first-order valence-corrected chi connectivity index (χ1v) is 15.6. The van der Waals surface area contributed by atoms with E-state index in [2.05, 4.69) is 50.4 Å². The van der Waals surface area contributed by atoms with Crippen LogP contribution in [0.3, 0.4) is 0 Å². The lowest BCUT2D eigenvalue weighted by molar-refractivity contribution is 0.0500. The van der Waals surface area contributed by atoms with E-state index < -0.39 is 5.60 Å². The van der Waals surface area contributed by atoms with Crippen LogP contribution in [0.5, 0.6) is 0 Å². The summed E-state index contributed by atoms with van der Waals surface area (Å²) in [4.78, 5) is 28.4. The van der Waals surface area contributed by atoms with Gasteiger partial charge in [0.2, 0.25) is 0 Å². The van der Waals surface area contributed by atoms with Crippen LogP contribution in [0.2, 0.25) is 0 Å². The fourth-order valence-corrected chi connectivity index (χ4v) is 7.32. The van der Waals surface area contributed by atoms with E-state index in [1.165, 1.54) is 65.5 Å². The molecule has 0 saturated heterocycles. The molecule has 2 aliphatic carbocycles. The van der Waals surface area contributed by atoms with Gasteiger partial charge in [0.1, 0.15) is 5.60 Å². The number of benzene rings is 2. The number of hydrogen-bond donors (Lipinski definition) is 2. The van der Waals surface area contributed by atoms with Crippen LogP contribution >= 0.6 is 0 Å². The van der Waals surface area contributed by atoms with Gasteiger partial charge in [0.05, 0.1) is 17.4 Å². The zero-order valence-corrected chi connectivity index (χ0v) is 24.6. The number of aromatic nitrogens is 1. The number of amides is 2. The summed E-state index contributed by atoms with van der Waals surface area (Å²) in [6, 6.07) is 13.2. The monoisotopic (exact) mass is 554 g/mol. The highest BCUT2D eigenvalue weighted by molar-refractivity contribution is 6.02. The van der Waals surface area contributed by atoms with Crippen LogP contribution in [0.15, 0.2) is 36.4 Å². The maximum atomic E-state index is 13.1. The van der Waals surface area contributed by atoms with Gasteiger partial charge >= 0.3 is 6.09 Å². The summed E-state index contributed by atoms with van der Waals surface area (Å²) in [5.41, 5.74) is 7.79. The average Bonchev–Trinajstić information content (AvgIpc) is 3.73. The molecular weight excluding hydrogens is 512 g/mol. The van der Waals surface area contributed by atoms with Crippen LogP contribution in [0.4, 0.5) is 10.5 Å². The third kappa shape index (κ3) is 4.98. The quantitative estimate of drug-likeness (QED) is 0.363. The lowest BCUT2D eigenvalue weighted by Crippen LogP contribution is -2.40. The van der Waals surface area contributed by atoms with E-state index in [1.807, 2.05) is 26.8 Å². The van der Waals surface area contributed by atoms with Crippen LogP contribution in [0, 0.1) is 0 Å². The normalized spacial score (nSPS) is 20.7. The summed E-state index contributed by atoms with van der Waals surface area (Å²) < 4.78 is 8.13. The molecule has 3 heterocycles. The molecule has 0 unspecified atom stereocenters. The SMILES string of the molecule is CC(C)(C)OC(=O)N[C@@H]1CCN2CCn3c(c(C4CCCCC4)c4ccc(C(=O)NC5CC5)cc43)-c3cccc1c32. The minimum atomic E-state index is -0.539. The third-order valence-corrected chi connectivity index (χ3v) is 9.28. The van der Waals surface area contributed by atoms with Gasteiger partial charge in [-0.05, 0) is 82.1 Å². The number of nitrogens with zero attached hydrogens (tertiary/aromatic N) is 2. The summed E-state index contributed by atoms with van der Waals surface area (Å²) >= 11 is 0. The van der Waals surface area contributed by atoms with E-state index in [4.69, 9.17) is 4.74 Å². The fourth-order valence-electron chi connectivity index (χ4n) is 7.32. The third-order valence-electron chi connectivity index (χ3n) is 9.28. The Morgan fingerprint density at radius 3 is 2.46 bits per heavy atom. The van der Waals surface area contributed by atoms with Gasteiger partial charge in [-0.1, -0.05) is 43.5 Å². The first-order valence-electron chi connectivity index (χ1n) is 15.6. The van der Waals surface area contributed by atoms with Crippen LogP contribution in [0.25, 0.3) is 22.2 Å². The number of ether oxygens (including phenoxy) is 1. The lowest BCUT2D eigenvalue weighted by Gasteiger charge is -2.36. The number of fused-ring (bicyclic) bond motifs is 4. The van der Waals surface area contributed by atoms with Crippen molar-refractivity contribution in [1.82, 2.24) is 15.2 Å². The molecule has 3 aromatic rings. The number of alkyl carbamates (subject to hydrolysis) is 1. The molecule has 2 aromatic carbocycles. The van der Waals surface area contributed by atoms with E-state index in [1.54, 1.807) is 0 Å². The molecule has 7 nitrogen and oxygen atoms in total. The molecule has 1 atom stereocenters. The molecule has 0 spiro atoms. The zero-order chi connectivity index (χ0) is 28.3. The number of anilines is 1. The second-order valence-electron chi connectivity index (χ2n) is 13.4. The second kappa shape index (κ2) is 10.1. The highest BCUT2D eigenvalue weighted by atomic mass is 16.6. The summed E-state index contributed by atoms with van der Waals surface area (Å²) in [5, 5.41) is 7.65. The number of carbonyl (C=O) groups excluding carboxylic acids is 2. The molecule has 2 amide bonds. The van der Waals surface area contributed by atoms with Crippen molar-refractivity contribution in [2.24, 2.45) is 0 Å².